The van der Waals surface area contributed by atoms with Crippen LogP contribution in [0.1, 0.15) is 44.9 Å². The van der Waals surface area contributed by atoms with E-state index >= 15 is 0 Å². The number of hydrogen-bond donors (Lipinski definition) is 1. The van der Waals surface area contributed by atoms with Crippen LogP contribution in [0, 0.1) is 5.92 Å². The number of piperidine rings is 1. The number of nitrogens with one attached hydrogen (secondary N) is 1. The molecule has 1 aromatic carbocycles. The van der Waals surface area contributed by atoms with Crippen molar-refractivity contribution >= 4 is 32.6 Å². The van der Waals surface area contributed by atoms with E-state index in [-0.39, 0.29) is 11.8 Å². The Hall–Kier alpha value is -2.08. The Kier molecular flexibility index (Phi) is 6.15. The molecule has 0 unspecified atom stereocenters. The van der Waals surface area contributed by atoms with Crippen LogP contribution in [0.5, 0.6) is 5.75 Å². The first-order valence-electron chi connectivity index (χ1n) is 10.4. The highest BCUT2D eigenvalue weighted by Crippen LogP contribution is 2.33. The number of ether oxygens (including phenoxy) is 1. The summed E-state index contributed by atoms with van der Waals surface area (Å²) >= 11 is 1.68. The molecule has 4 rings (SSSR count). The standard InChI is InChI=1S/C22H29N3O2S/c1-27-18-9-10-19-20(14-18)28-22(24-19)25-13-5-8-17(15-25)21(26)23-12-11-16-6-3-2-4-7-16/h6,9-10,14,17H,2-5,7-8,11-13,15H2,1H3,(H,23,26)/t17-/m0/s1. The monoisotopic (exact) mass is 399 g/mol. The van der Waals surface area contributed by atoms with Gasteiger partial charge in [-0.05, 0) is 63.1 Å². The van der Waals surface area contributed by atoms with Gasteiger partial charge >= 0.3 is 0 Å². The predicted octanol–water partition coefficient (Wildman–Crippen LogP) is 4.53. The summed E-state index contributed by atoms with van der Waals surface area (Å²) in [7, 11) is 1.68. The number of carbonyl (C=O) groups is 1. The molecular weight excluding hydrogens is 370 g/mol. The van der Waals surface area contributed by atoms with Gasteiger partial charge < -0.3 is 15.0 Å². The van der Waals surface area contributed by atoms with Crippen molar-refractivity contribution in [2.24, 2.45) is 5.92 Å². The smallest absolute Gasteiger partial charge is 0.224 e. The molecule has 2 aliphatic rings. The summed E-state index contributed by atoms with van der Waals surface area (Å²) in [6.07, 6.45) is 10.4. The topological polar surface area (TPSA) is 54.5 Å². The van der Waals surface area contributed by atoms with E-state index in [0.717, 1.165) is 60.0 Å². The van der Waals surface area contributed by atoms with Crippen molar-refractivity contribution in [2.45, 2.75) is 44.9 Å². The van der Waals surface area contributed by atoms with Gasteiger partial charge in [-0.3, -0.25) is 4.79 Å². The number of amides is 1. The van der Waals surface area contributed by atoms with Crippen LogP contribution >= 0.6 is 11.3 Å². The van der Waals surface area contributed by atoms with Gasteiger partial charge in [0.25, 0.3) is 0 Å². The van der Waals surface area contributed by atoms with Crippen LogP contribution in [0.4, 0.5) is 5.13 Å². The largest absolute Gasteiger partial charge is 0.497 e. The predicted molar refractivity (Wildman–Crippen MR) is 115 cm³/mol. The minimum atomic E-state index is 0.0515. The molecule has 2 heterocycles. The van der Waals surface area contributed by atoms with Crippen molar-refractivity contribution < 1.29 is 9.53 Å². The van der Waals surface area contributed by atoms with Crippen LogP contribution < -0.4 is 15.0 Å². The molecule has 0 radical (unpaired) electrons. The maximum atomic E-state index is 12.7. The van der Waals surface area contributed by atoms with Crippen LogP contribution in [0.3, 0.4) is 0 Å². The van der Waals surface area contributed by atoms with Gasteiger partial charge in [-0.15, -0.1) is 0 Å². The second kappa shape index (κ2) is 8.95. The highest BCUT2D eigenvalue weighted by molar-refractivity contribution is 7.22. The Morgan fingerprint density at radius 3 is 3.11 bits per heavy atom. The summed E-state index contributed by atoms with van der Waals surface area (Å²) in [5.41, 5.74) is 2.51. The van der Waals surface area contributed by atoms with E-state index in [9.17, 15) is 4.79 Å². The Labute approximate surface area is 170 Å². The maximum Gasteiger partial charge on any atom is 0.224 e. The number of hydrogen-bond acceptors (Lipinski definition) is 5. The molecule has 6 heteroatoms. The van der Waals surface area contributed by atoms with Crippen molar-refractivity contribution in [3.63, 3.8) is 0 Å². The Morgan fingerprint density at radius 2 is 2.29 bits per heavy atom. The molecule has 1 aromatic heterocycles. The Bertz CT molecular complexity index is 861. The van der Waals surface area contributed by atoms with Crippen molar-refractivity contribution in [2.75, 3.05) is 31.6 Å². The molecule has 0 bridgehead atoms. The number of aromatic nitrogens is 1. The van der Waals surface area contributed by atoms with Crippen LogP contribution in [-0.2, 0) is 4.79 Å². The molecule has 28 heavy (non-hydrogen) atoms. The van der Waals surface area contributed by atoms with Crippen LogP contribution in [0.25, 0.3) is 10.2 Å². The van der Waals surface area contributed by atoms with Crippen molar-refractivity contribution in [1.82, 2.24) is 10.3 Å². The lowest BCUT2D eigenvalue weighted by Gasteiger charge is -2.31. The molecular formula is C22H29N3O2S. The number of nitrogens with zero attached hydrogens (tertiary/aromatic N) is 2. The first kappa shape index (κ1) is 19.2. The number of anilines is 1. The highest BCUT2D eigenvalue weighted by Gasteiger charge is 2.27. The summed E-state index contributed by atoms with van der Waals surface area (Å²) in [5, 5.41) is 4.18. The zero-order valence-electron chi connectivity index (χ0n) is 16.6. The molecule has 1 aliphatic heterocycles. The number of fused-ring (bicyclic) bond motifs is 1. The quantitative estimate of drug-likeness (QED) is 0.725. The van der Waals surface area contributed by atoms with Gasteiger partial charge in [0.2, 0.25) is 5.91 Å². The first-order chi connectivity index (χ1) is 13.7. The molecule has 1 aliphatic carbocycles. The number of benzene rings is 1. The van der Waals surface area contributed by atoms with Crippen LogP contribution in [0.15, 0.2) is 29.8 Å². The number of carbonyl (C=O) groups excluding carboxylic acids is 1. The van der Waals surface area contributed by atoms with E-state index in [1.807, 2.05) is 18.2 Å². The van der Waals surface area contributed by atoms with E-state index in [2.05, 4.69) is 16.3 Å². The van der Waals surface area contributed by atoms with Crippen molar-refractivity contribution in [3.05, 3.63) is 29.8 Å². The number of methoxy groups -OCH3 is 1. The van der Waals surface area contributed by atoms with Gasteiger partial charge in [0.05, 0.1) is 23.2 Å². The van der Waals surface area contributed by atoms with Gasteiger partial charge in [-0.25, -0.2) is 4.98 Å². The molecule has 150 valence electrons. The lowest BCUT2D eigenvalue weighted by atomic mass is 9.96. The summed E-state index contributed by atoms with van der Waals surface area (Å²) in [4.78, 5) is 19.7. The molecule has 2 aromatic rings. The fourth-order valence-electron chi connectivity index (χ4n) is 4.14. The van der Waals surface area contributed by atoms with Crippen LogP contribution in [-0.4, -0.2) is 37.6 Å². The summed E-state index contributed by atoms with van der Waals surface area (Å²) < 4.78 is 6.44. The highest BCUT2D eigenvalue weighted by atomic mass is 32.1. The van der Waals surface area contributed by atoms with Gasteiger partial charge in [0, 0.05) is 19.6 Å². The number of rotatable bonds is 6. The third-order valence-corrected chi connectivity index (χ3v) is 6.86. The Morgan fingerprint density at radius 1 is 1.36 bits per heavy atom. The minimum Gasteiger partial charge on any atom is -0.497 e. The zero-order chi connectivity index (χ0) is 19.3. The molecule has 0 saturated carbocycles. The van der Waals surface area contributed by atoms with Gasteiger partial charge in [0.1, 0.15) is 5.75 Å². The lowest BCUT2D eigenvalue weighted by Crippen LogP contribution is -2.43. The minimum absolute atomic E-state index is 0.0515. The molecule has 1 amide bonds. The van der Waals surface area contributed by atoms with E-state index in [1.165, 1.54) is 31.3 Å². The first-order valence-corrected chi connectivity index (χ1v) is 11.2. The average Bonchev–Trinajstić information content (AvgIpc) is 3.18. The van der Waals surface area contributed by atoms with Crippen molar-refractivity contribution in [3.8, 4) is 5.75 Å². The summed E-state index contributed by atoms with van der Waals surface area (Å²) in [6.45, 7) is 2.49. The fraction of sp³-hybridized carbons (Fsp3) is 0.545. The third-order valence-electron chi connectivity index (χ3n) is 5.78. The molecule has 1 fully saturated rings. The fourth-order valence-corrected chi connectivity index (χ4v) is 5.17. The molecule has 1 N–H and O–H groups in total. The second-order valence-corrected chi connectivity index (χ2v) is 8.77. The van der Waals surface area contributed by atoms with E-state index < -0.39 is 0 Å². The van der Waals surface area contributed by atoms with Gasteiger partial charge in [-0.2, -0.15) is 0 Å². The van der Waals surface area contributed by atoms with Gasteiger partial charge in [-0.1, -0.05) is 23.0 Å². The molecule has 0 spiro atoms. The van der Waals surface area contributed by atoms with Crippen molar-refractivity contribution in [1.29, 1.82) is 0 Å². The molecule has 1 atom stereocenters. The molecule has 1 saturated heterocycles. The average molecular weight is 400 g/mol. The zero-order valence-corrected chi connectivity index (χ0v) is 17.4. The lowest BCUT2D eigenvalue weighted by molar-refractivity contribution is -0.125. The summed E-state index contributed by atoms with van der Waals surface area (Å²) in [6, 6.07) is 5.98. The normalized spacial score (nSPS) is 20.1. The number of thiazole rings is 1. The second-order valence-electron chi connectivity index (χ2n) is 7.76. The van der Waals surface area contributed by atoms with Gasteiger partial charge in [0.15, 0.2) is 5.13 Å². The Balaban J connectivity index is 1.34. The third kappa shape index (κ3) is 4.49. The number of allylic oxidation sites excluding steroid dienone is 1. The summed E-state index contributed by atoms with van der Waals surface area (Å²) in [5.74, 6) is 1.10. The van der Waals surface area contributed by atoms with E-state index in [4.69, 9.17) is 9.72 Å². The van der Waals surface area contributed by atoms with E-state index in [1.54, 1.807) is 18.4 Å². The SMILES string of the molecule is COc1ccc2nc(N3CCC[C@H](C(=O)NCCC4=CCCCC4)C3)sc2c1. The van der Waals surface area contributed by atoms with E-state index in [0.29, 0.717) is 0 Å². The molecule has 5 nitrogen and oxygen atoms in total. The van der Waals surface area contributed by atoms with Crippen LogP contribution in [0.2, 0.25) is 0 Å². The maximum absolute atomic E-state index is 12.7.